The quantitative estimate of drug-likeness (QED) is 0.255. The van der Waals surface area contributed by atoms with Crippen molar-refractivity contribution in [2.75, 3.05) is 18.5 Å². The molecular weight excluding hydrogens is 498 g/mol. The maximum Gasteiger partial charge on any atom is 0.411 e. The van der Waals surface area contributed by atoms with Crippen LogP contribution in [0.1, 0.15) is 49.5 Å². The van der Waals surface area contributed by atoms with E-state index in [1.54, 1.807) is 20.8 Å². The van der Waals surface area contributed by atoms with Crippen LogP contribution in [0.2, 0.25) is 0 Å². The molecular formula is C27H30BrNO5. The van der Waals surface area contributed by atoms with Gasteiger partial charge < -0.3 is 9.47 Å². The molecule has 1 aliphatic heterocycles. The van der Waals surface area contributed by atoms with E-state index in [-0.39, 0.29) is 12.4 Å². The first-order chi connectivity index (χ1) is 16.1. The van der Waals surface area contributed by atoms with E-state index < -0.39 is 23.7 Å². The zero-order valence-electron chi connectivity index (χ0n) is 19.8. The number of carbonyl (C=O) groups is 3. The Morgan fingerprint density at radius 1 is 1.00 bits per heavy atom. The van der Waals surface area contributed by atoms with Gasteiger partial charge in [-0.15, -0.1) is 0 Å². The van der Waals surface area contributed by atoms with Crippen LogP contribution in [0.4, 0.5) is 4.79 Å². The summed E-state index contributed by atoms with van der Waals surface area (Å²) < 4.78 is 10.9. The van der Waals surface area contributed by atoms with Crippen molar-refractivity contribution < 1.29 is 23.9 Å². The molecule has 0 aromatic heterocycles. The highest BCUT2D eigenvalue weighted by molar-refractivity contribution is 9.09. The molecule has 34 heavy (non-hydrogen) atoms. The summed E-state index contributed by atoms with van der Waals surface area (Å²) in [5.74, 6) is -0.404. The molecule has 1 unspecified atom stereocenters. The van der Waals surface area contributed by atoms with Crippen LogP contribution in [-0.4, -0.2) is 52.9 Å². The number of Topliss-reactive ketones (excluding diaryl/α,β-unsaturated/α-hetero) is 1. The second-order valence-corrected chi connectivity index (χ2v) is 9.82. The maximum atomic E-state index is 12.7. The summed E-state index contributed by atoms with van der Waals surface area (Å²) >= 11 is 3.18. The van der Waals surface area contributed by atoms with Gasteiger partial charge in [0, 0.05) is 12.1 Å². The number of hydrogen-bond acceptors (Lipinski definition) is 5. The van der Waals surface area contributed by atoms with Gasteiger partial charge in [-0.05, 0) is 55.9 Å². The summed E-state index contributed by atoms with van der Waals surface area (Å²) in [6.07, 6.45) is 0.789. The van der Waals surface area contributed by atoms with Crippen molar-refractivity contribution in [3.05, 3.63) is 66.2 Å². The second kappa shape index (κ2) is 11.0. The van der Waals surface area contributed by atoms with Gasteiger partial charge in [0.15, 0.2) is 5.78 Å². The van der Waals surface area contributed by atoms with Crippen molar-refractivity contribution in [2.45, 2.75) is 45.3 Å². The fourth-order valence-corrected chi connectivity index (χ4v) is 4.04. The topological polar surface area (TPSA) is 72.9 Å². The van der Waals surface area contributed by atoms with E-state index in [1.807, 2.05) is 48.5 Å². The molecule has 1 heterocycles. The molecule has 1 atom stereocenters. The Balaban J connectivity index is 1.57. The molecule has 0 bridgehead atoms. The predicted octanol–water partition coefficient (Wildman–Crippen LogP) is 5.89. The summed E-state index contributed by atoms with van der Waals surface area (Å²) in [6.45, 7) is 9.95. The summed E-state index contributed by atoms with van der Waals surface area (Å²) in [7, 11) is 0. The third-order valence-electron chi connectivity index (χ3n) is 5.50. The smallest absolute Gasteiger partial charge is 0.411 e. The van der Waals surface area contributed by atoms with Gasteiger partial charge in [0.25, 0.3) is 0 Å². The number of benzene rings is 2. The zero-order chi connectivity index (χ0) is 24.9. The maximum absolute atomic E-state index is 12.7. The Kier molecular flexibility index (Phi) is 8.31. The third-order valence-corrected chi connectivity index (χ3v) is 6.01. The number of alkyl halides is 1. The first-order valence-electron chi connectivity index (χ1n) is 11.2. The van der Waals surface area contributed by atoms with Crippen LogP contribution >= 0.6 is 15.9 Å². The van der Waals surface area contributed by atoms with Crippen molar-refractivity contribution in [1.82, 2.24) is 4.90 Å². The fourth-order valence-electron chi connectivity index (χ4n) is 3.71. The number of nitrogens with zero attached hydrogens (tertiary/aromatic N) is 1. The van der Waals surface area contributed by atoms with E-state index in [0.29, 0.717) is 29.4 Å². The van der Waals surface area contributed by atoms with Gasteiger partial charge >= 0.3 is 12.1 Å². The van der Waals surface area contributed by atoms with E-state index in [9.17, 15) is 14.4 Å². The van der Waals surface area contributed by atoms with Gasteiger partial charge in [-0.25, -0.2) is 9.59 Å². The van der Waals surface area contributed by atoms with Crippen LogP contribution in [0, 0.1) is 0 Å². The molecule has 1 saturated heterocycles. The van der Waals surface area contributed by atoms with Crippen LogP contribution in [0.3, 0.4) is 0 Å². The Labute approximate surface area is 209 Å². The summed E-state index contributed by atoms with van der Waals surface area (Å²) in [5, 5.41) is 0.299. The summed E-state index contributed by atoms with van der Waals surface area (Å²) in [5.41, 5.74) is 3.57. The molecule has 3 rings (SSSR count). The average molecular weight is 528 g/mol. The van der Waals surface area contributed by atoms with Gasteiger partial charge in [0.05, 0.1) is 5.33 Å². The fraction of sp³-hybridized carbons (Fsp3) is 0.370. The first kappa shape index (κ1) is 25.7. The lowest BCUT2D eigenvalue weighted by molar-refractivity contribution is -0.147. The van der Waals surface area contributed by atoms with Crippen molar-refractivity contribution >= 4 is 39.3 Å². The van der Waals surface area contributed by atoms with Gasteiger partial charge in [0.2, 0.25) is 0 Å². The van der Waals surface area contributed by atoms with Crippen molar-refractivity contribution in [3.8, 4) is 11.1 Å². The zero-order valence-corrected chi connectivity index (χ0v) is 21.4. The van der Waals surface area contributed by atoms with Crippen molar-refractivity contribution in [1.29, 1.82) is 0 Å². The lowest BCUT2D eigenvalue weighted by Gasteiger charge is -2.27. The number of carbonyl (C=O) groups excluding carboxylic acids is 3. The summed E-state index contributed by atoms with van der Waals surface area (Å²) in [4.78, 5) is 38.3. The molecule has 2 aromatic rings. The molecule has 0 N–H and O–H groups in total. The Bertz CT molecular complexity index is 1050. The van der Waals surface area contributed by atoms with E-state index in [0.717, 1.165) is 23.1 Å². The number of rotatable bonds is 7. The number of halogens is 1. The molecule has 0 radical (unpaired) electrons. The standard InChI is InChI=1S/C27H30BrNO5/c1-18(17-33-25(31)23-6-5-15-29(23)26(32)34-27(2,3)4)19-7-9-20(10-8-19)21-11-13-22(14-12-21)24(30)16-28/h7-14,23H,1,5-6,15-17H2,2-4H3. The van der Waals surface area contributed by atoms with E-state index in [1.165, 1.54) is 4.90 Å². The molecule has 0 saturated carbocycles. The SMILES string of the molecule is C=C(COC(=O)C1CCCN1C(=O)OC(C)(C)C)c1ccc(-c2ccc(C(=O)CBr)cc2)cc1. The molecule has 1 aliphatic rings. The summed E-state index contributed by atoms with van der Waals surface area (Å²) in [6, 6.07) is 14.6. The Hall–Kier alpha value is -2.93. The van der Waals surface area contributed by atoms with E-state index in [4.69, 9.17) is 9.47 Å². The van der Waals surface area contributed by atoms with Crippen molar-refractivity contribution in [2.24, 2.45) is 0 Å². The molecule has 2 aromatic carbocycles. The Morgan fingerprint density at radius 3 is 2.09 bits per heavy atom. The van der Waals surface area contributed by atoms with Gasteiger partial charge in [-0.2, -0.15) is 0 Å². The normalized spacial score (nSPS) is 15.6. The minimum Gasteiger partial charge on any atom is -0.459 e. The lowest BCUT2D eigenvalue weighted by atomic mass is 10.00. The number of hydrogen-bond donors (Lipinski definition) is 0. The number of likely N-dealkylation sites (tertiary alicyclic amines) is 1. The highest BCUT2D eigenvalue weighted by atomic mass is 79.9. The monoisotopic (exact) mass is 527 g/mol. The lowest BCUT2D eigenvalue weighted by Crippen LogP contribution is -2.44. The first-order valence-corrected chi connectivity index (χ1v) is 12.4. The number of amides is 1. The van der Waals surface area contributed by atoms with Gasteiger partial charge in [-0.3, -0.25) is 9.69 Å². The van der Waals surface area contributed by atoms with Crippen LogP contribution in [0.5, 0.6) is 0 Å². The average Bonchev–Trinajstić information content (AvgIpc) is 3.31. The second-order valence-electron chi connectivity index (χ2n) is 9.25. The molecule has 1 fully saturated rings. The molecule has 0 spiro atoms. The number of esters is 1. The van der Waals surface area contributed by atoms with Crippen molar-refractivity contribution in [3.63, 3.8) is 0 Å². The van der Waals surface area contributed by atoms with E-state index >= 15 is 0 Å². The van der Waals surface area contributed by atoms with E-state index in [2.05, 4.69) is 22.5 Å². The van der Waals surface area contributed by atoms with Crippen LogP contribution in [-0.2, 0) is 14.3 Å². The third kappa shape index (κ3) is 6.56. The minimum atomic E-state index is -0.635. The Morgan fingerprint density at radius 2 is 1.56 bits per heavy atom. The van der Waals surface area contributed by atoms with Crippen LogP contribution in [0.15, 0.2) is 55.1 Å². The minimum absolute atomic E-state index is 0.0413. The number of ether oxygens (including phenoxy) is 2. The molecule has 180 valence electrons. The van der Waals surface area contributed by atoms with Crippen LogP contribution < -0.4 is 0 Å². The highest BCUT2D eigenvalue weighted by Crippen LogP contribution is 2.25. The molecule has 7 heteroatoms. The highest BCUT2D eigenvalue weighted by Gasteiger charge is 2.37. The molecule has 0 aliphatic carbocycles. The molecule has 1 amide bonds. The van der Waals surface area contributed by atoms with Gasteiger partial charge in [0.1, 0.15) is 18.2 Å². The largest absolute Gasteiger partial charge is 0.459 e. The van der Waals surface area contributed by atoms with Gasteiger partial charge in [-0.1, -0.05) is 71.0 Å². The van der Waals surface area contributed by atoms with Crippen LogP contribution in [0.25, 0.3) is 16.7 Å². The molecule has 6 nitrogen and oxygen atoms in total. The number of ketones is 1. The predicted molar refractivity (Wildman–Crippen MR) is 136 cm³/mol.